The number of carbonyl (C=O) groups is 1. The Balaban J connectivity index is 1.85. The number of rotatable bonds is 2. The van der Waals surface area contributed by atoms with Gasteiger partial charge in [-0.1, -0.05) is 6.07 Å². The van der Waals surface area contributed by atoms with E-state index in [9.17, 15) is 14.0 Å². The molecule has 1 amide bonds. The zero-order chi connectivity index (χ0) is 15.7. The smallest absolute Gasteiger partial charge is 0.257 e. The lowest BCUT2D eigenvalue weighted by atomic mass is 9.87. The molecule has 2 N–H and O–H groups in total. The minimum absolute atomic E-state index is 0.0971. The van der Waals surface area contributed by atoms with E-state index >= 15 is 0 Å². The van der Waals surface area contributed by atoms with Gasteiger partial charge in [-0.25, -0.2) is 4.39 Å². The zero-order valence-electron chi connectivity index (χ0n) is 12.3. The van der Waals surface area contributed by atoms with Gasteiger partial charge in [0.15, 0.2) is 5.43 Å². The Morgan fingerprint density at radius 3 is 2.95 bits per heavy atom. The van der Waals surface area contributed by atoms with Gasteiger partial charge >= 0.3 is 0 Å². The number of aryl methyl sites for hydroxylation is 2. The maximum Gasteiger partial charge on any atom is 0.257 e. The third kappa shape index (κ3) is 2.79. The largest absolute Gasteiger partial charge is 0.364 e. The topological polar surface area (TPSA) is 62.0 Å². The standard InChI is InChI=1S/C17H17FN2O2/c1-10-7-16(21)14(9-19-10)17(22)20-15-4-2-3-11-8-12(18)5-6-13(11)15/h5-9,15H,2-4H2,1H3,(H,19,21)(H,20,22)/t15-/m0/s1. The highest BCUT2D eigenvalue weighted by Crippen LogP contribution is 2.30. The number of pyridine rings is 1. The summed E-state index contributed by atoms with van der Waals surface area (Å²) >= 11 is 0. The Bertz CT molecular complexity index is 782. The molecule has 1 atom stereocenters. The molecular weight excluding hydrogens is 283 g/mol. The normalized spacial score (nSPS) is 16.9. The molecule has 1 aliphatic carbocycles. The van der Waals surface area contributed by atoms with Crippen LogP contribution in [0.5, 0.6) is 0 Å². The molecular formula is C17H17FN2O2. The van der Waals surface area contributed by atoms with Crippen molar-refractivity contribution < 1.29 is 9.18 Å². The lowest BCUT2D eigenvalue weighted by Gasteiger charge is -2.26. The van der Waals surface area contributed by atoms with Gasteiger partial charge in [0, 0.05) is 18.0 Å². The number of nitrogens with one attached hydrogen (secondary N) is 2. The molecule has 0 unspecified atom stereocenters. The average Bonchev–Trinajstić information content (AvgIpc) is 2.47. The molecule has 0 bridgehead atoms. The molecule has 5 heteroatoms. The first kappa shape index (κ1) is 14.5. The van der Waals surface area contributed by atoms with Crippen LogP contribution in [0.25, 0.3) is 0 Å². The van der Waals surface area contributed by atoms with Gasteiger partial charge in [-0.05, 0) is 49.4 Å². The van der Waals surface area contributed by atoms with Crippen molar-refractivity contribution in [2.75, 3.05) is 0 Å². The van der Waals surface area contributed by atoms with E-state index in [4.69, 9.17) is 0 Å². The van der Waals surface area contributed by atoms with Crippen LogP contribution in [0, 0.1) is 12.7 Å². The fraction of sp³-hybridized carbons (Fsp3) is 0.294. The molecule has 1 aliphatic rings. The van der Waals surface area contributed by atoms with Gasteiger partial charge < -0.3 is 10.3 Å². The number of aromatic nitrogens is 1. The summed E-state index contributed by atoms with van der Waals surface area (Å²) in [6.07, 6.45) is 3.91. The van der Waals surface area contributed by atoms with Crippen molar-refractivity contribution in [3.05, 3.63) is 68.9 Å². The van der Waals surface area contributed by atoms with Crippen molar-refractivity contribution in [2.24, 2.45) is 0 Å². The molecule has 1 aromatic heterocycles. The van der Waals surface area contributed by atoms with Crippen molar-refractivity contribution in [1.82, 2.24) is 10.3 Å². The summed E-state index contributed by atoms with van der Waals surface area (Å²) in [5.74, 6) is -0.663. The van der Waals surface area contributed by atoms with Crippen LogP contribution < -0.4 is 10.7 Å². The fourth-order valence-corrected chi connectivity index (χ4v) is 2.92. The van der Waals surface area contributed by atoms with Gasteiger partial charge in [0.05, 0.1) is 6.04 Å². The lowest BCUT2D eigenvalue weighted by molar-refractivity contribution is 0.0931. The van der Waals surface area contributed by atoms with Crippen LogP contribution in [0.1, 0.15) is 46.1 Å². The van der Waals surface area contributed by atoms with Crippen LogP contribution >= 0.6 is 0 Å². The van der Waals surface area contributed by atoms with Crippen LogP contribution in [0.3, 0.4) is 0 Å². The Labute approximate surface area is 127 Å². The first-order valence-corrected chi connectivity index (χ1v) is 7.33. The predicted octanol–water partition coefficient (Wildman–Crippen LogP) is 2.63. The molecule has 0 aliphatic heterocycles. The van der Waals surface area contributed by atoms with Crippen LogP contribution in [-0.4, -0.2) is 10.9 Å². The highest BCUT2D eigenvalue weighted by Gasteiger charge is 2.23. The van der Waals surface area contributed by atoms with Crippen molar-refractivity contribution in [2.45, 2.75) is 32.2 Å². The SMILES string of the molecule is Cc1cc(=O)c(C(=O)N[C@H]2CCCc3cc(F)ccc32)c[nH]1. The van der Waals surface area contributed by atoms with Crippen molar-refractivity contribution in [3.8, 4) is 0 Å². The van der Waals surface area contributed by atoms with Crippen molar-refractivity contribution in [1.29, 1.82) is 0 Å². The number of amides is 1. The van der Waals surface area contributed by atoms with Crippen molar-refractivity contribution in [3.63, 3.8) is 0 Å². The number of benzene rings is 1. The molecule has 2 aromatic rings. The average molecular weight is 300 g/mol. The molecule has 0 spiro atoms. The van der Waals surface area contributed by atoms with Gasteiger partial charge in [-0.2, -0.15) is 0 Å². The molecule has 0 saturated carbocycles. The van der Waals surface area contributed by atoms with Gasteiger partial charge in [0.2, 0.25) is 0 Å². The van der Waals surface area contributed by atoms with Gasteiger partial charge in [0.25, 0.3) is 5.91 Å². The number of hydrogen-bond donors (Lipinski definition) is 2. The molecule has 22 heavy (non-hydrogen) atoms. The quantitative estimate of drug-likeness (QED) is 0.895. The summed E-state index contributed by atoms with van der Waals surface area (Å²) in [7, 11) is 0. The molecule has 0 fully saturated rings. The third-order valence-electron chi connectivity index (χ3n) is 4.03. The summed E-state index contributed by atoms with van der Waals surface area (Å²) in [6, 6.07) is 5.86. The van der Waals surface area contributed by atoms with Crippen LogP contribution in [0.4, 0.5) is 4.39 Å². The van der Waals surface area contributed by atoms with E-state index in [0.717, 1.165) is 30.4 Å². The minimum atomic E-state index is -0.400. The maximum atomic E-state index is 13.3. The molecule has 114 valence electrons. The summed E-state index contributed by atoms with van der Waals surface area (Å²) in [6.45, 7) is 1.76. The van der Waals surface area contributed by atoms with Gasteiger partial charge in [0.1, 0.15) is 11.4 Å². The molecule has 4 nitrogen and oxygen atoms in total. The number of H-pyrrole nitrogens is 1. The summed E-state index contributed by atoms with van der Waals surface area (Å²) in [5, 5.41) is 2.89. The molecule has 3 rings (SSSR count). The summed E-state index contributed by atoms with van der Waals surface area (Å²) < 4.78 is 13.3. The van der Waals surface area contributed by atoms with E-state index in [2.05, 4.69) is 10.3 Å². The van der Waals surface area contributed by atoms with Crippen LogP contribution in [0.15, 0.2) is 35.3 Å². The number of aromatic amines is 1. The van der Waals surface area contributed by atoms with E-state index in [1.807, 2.05) is 0 Å². The lowest BCUT2D eigenvalue weighted by Crippen LogP contribution is -2.34. The summed E-state index contributed by atoms with van der Waals surface area (Å²) in [4.78, 5) is 27.1. The van der Waals surface area contributed by atoms with Gasteiger partial charge in [-0.3, -0.25) is 9.59 Å². The highest BCUT2D eigenvalue weighted by molar-refractivity contribution is 5.94. The Morgan fingerprint density at radius 1 is 1.36 bits per heavy atom. The fourth-order valence-electron chi connectivity index (χ4n) is 2.92. The first-order valence-electron chi connectivity index (χ1n) is 7.33. The monoisotopic (exact) mass is 300 g/mol. The Morgan fingerprint density at radius 2 is 2.18 bits per heavy atom. The highest BCUT2D eigenvalue weighted by atomic mass is 19.1. The van der Waals surface area contributed by atoms with Crippen LogP contribution in [-0.2, 0) is 6.42 Å². The van der Waals surface area contributed by atoms with E-state index in [-0.39, 0.29) is 22.9 Å². The predicted molar refractivity (Wildman–Crippen MR) is 81.3 cm³/mol. The van der Waals surface area contributed by atoms with E-state index < -0.39 is 5.91 Å². The number of fused-ring (bicyclic) bond motifs is 1. The molecule has 1 aromatic carbocycles. The van der Waals surface area contributed by atoms with Gasteiger partial charge in [-0.15, -0.1) is 0 Å². The minimum Gasteiger partial charge on any atom is -0.364 e. The molecule has 1 heterocycles. The number of halogens is 1. The third-order valence-corrected chi connectivity index (χ3v) is 4.03. The number of carbonyl (C=O) groups excluding carboxylic acids is 1. The molecule has 0 radical (unpaired) electrons. The summed E-state index contributed by atoms with van der Waals surface area (Å²) in [5.41, 5.74) is 2.36. The van der Waals surface area contributed by atoms with E-state index in [1.165, 1.54) is 24.4 Å². The second kappa shape index (κ2) is 5.75. The zero-order valence-corrected chi connectivity index (χ0v) is 12.3. The second-order valence-electron chi connectivity index (χ2n) is 5.66. The van der Waals surface area contributed by atoms with Crippen molar-refractivity contribution >= 4 is 5.91 Å². The Hall–Kier alpha value is -2.43. The van der Waals surface area contributed by atoms with Crippen LogP contribution in [0.2, 0.25) is 0 Å². The van der Waals surface area contributed by atoms with E-state index in [1.54, 1.807) is 13.0 Å². The first-order chi connectivity index (χ1) is 10.5. The Kier molecular flexibility index (Phi) is 3.79. The molecule has 0 saturated heterocycles. The second-order valence-corrected chi connectivity index (χ2v) is 5.66. The maximum absolute atomic E-state index is 13.3. The number of hydrogen-bond acceptors (Lipinski definition) is 2. The van der Waals surface area contributed by atoms with E-state index in [0.29, 0.717) is 5.69 Å².